The molecule has 3 aromatic rings. The molecule has 2 atom stereocenters. The number of halogens is 4. The normalized spacial score (nSPS) is 16.2. The molecular formula is C31H35F4N3O3S. The summed E-state index contributed by atoms with van der Waals surface area (Å²) in [5.41, 5.74) is 2.02. The summed E-state index contributed by atoms with van der Waals surface area (Å²) < 4.78 is 83.0. The fourth-order valence-corrected chi connectivity index (χ4v) is 6.40. The summed E-state index contributed by atoms with van der Waals surface area (Å²) in [5.74, 6) is -0.732. The first kappa shape index (κ1) is 31.7. The lowest BCUT2D eigenvalue weighted by Gasteiger charge is -2.28. The molecular weight excluding hydrogens is 570 g/mol. The average molecular weight is 606 g/mol. The molecule has 4 rings (SSSR count). The number of aryl methyl sites for hydroxylation is 1. The SMILES string of the molecule is CC(C)CNCc1ccc2c(c1)CCC[C@H]2NC(=O)CC(NS(=O)(=O)c1cccc(C(F)(F)F)c1)c1ccccc1F. The molecule has 0 spiro atoms. The third-order valence-electron chi connectivity index (χ3n) is 7.18. The molecule has 1 amide bonds. The minimum Gasteiger partial charge on any atom is -0.349 e. The number of hydrogen-bond donors (Lipinski definition) is 3. The first-order chi connectivity index (χ1) is 19.8. The average Bonchev–Trinajstić information content (AvgIpc) is 2.92. The Bertz CT molecular complexity index is 1510. The molecule has 3 aromatic carbocycles. The molecule has 0 aliphatic heterocycles. The van der Waals surface area contributed by atoms with E-state index in [0.29, 0.717) is 18.4 Å². The van der Waals surface area contributed by atoms with Crippen molar-refractivity contribution >= 4 is 15.9 Å². The predicted octanol–water partition coefficient (Wildman–Crippen LogP) is 6.19. The van der Waals surface area contributed by atoms with Crippen LogP contribution in [0.15, 0.2) is 71.6 Å². The molecule has 0 radical (unpaired) electrons. The Hall–Kier alpha value is -3.28. The number of rotatable bonds is 11. The third-order valence-corrected chi connectivity index (χ3v) is 8.65. The van der Waals surface area contributed by atoms with Crippen LogP contribution in [0.1, 0.15) is 73.0 Å². The van der Waals surface area contributed by atoms with Crippen molar-refractivity contribution in [2.24, 2.45) is 5.92 Å². The zero-order valence-corrected chi connectivity index (χ0v) is 24.3. The number of hydrogen-bond acceptors (Lipinski definition) is 4. The second kappa shape index (κ2) is 13.4. The Labute approximate surface area is 244 Å². The summed E-state index contributed by atoms with van der Waals surface area (Å²) in [6.45, 7) is 5.91. The van der Waals surface area contributed by atoms with Crippen LogP contribution in [0.3, 0.4) is 0 Å². The Kier molecular flexibility index (Phi) is 10.1. The molecule has 42 heavy (non-hydrogen) atoms. The largest absolute Gasteiger partial charge is 0.416 e. The lowest BCUT2D eigenvalue weighted by molar-refractivity contribution is -0.137. The molecule has 1 unspecified atom stereocenters. The molecule has 11 heteroatoms. The van der Waals surface area contributed by atoms with Gasteiger partial charge < -0.3 is 10.6 Å². The van der Waals surface area contributed by atoms with E-state index in [1.807, 2.05) is 12.1 Å². The quantitative estimate of drug-likeness (QED) is 0.228. The number of sulfonamides is 1. The maximum absolute atomic E-state index is 14.8. The van der Waals surface area contributed by atoms with Gasteiger partial charge in [0.25, 0.3) is 0 Å². The first-order valence-electron chi connectivity index (χ1n) is 13.9. The molecule has 226 valence electrons. The van der Waals surface area contributed by atoms with E-state index in [-0.39, 0.29) is 11.6 Å². The lowest BCUT2D eigenvalue weighted by Crippen LogP contribution is -2.36. The number of carbonyl (C=O) groups excluding carboxylic acids is 1. The van der Waals surface area contributed by atoms with Crippen LogP contribution in [-0.4, -0.2) is 20.9 Å². The van der Waals surface area contributed by atoms with E-state index in [0.717, 1.165) is 66.9 Å². The summed E-state index contributed by atoms with van der Waals surface area (Å²) in [6.07, 6.45) is -2.81. The molecule has 0 bridgehead atoms. The Morgan fingerprint density at radius 1 is 1.02 bits per heavy atom. The monoisotopic (exact) mass is 605 g/mol. The minimum atomic E-state index is -4.75. The number of amides is 1. The number of alkyl halides is 3. The van der Waals surface area contributed by atoms with Crippen LogP contribution in [0, 0.1) is 11.7 Å². The fraction of sp³-hybridized carbons (Fsp3) is 0.387. The van der Waals surface area contributed by atoms with E-state index in [1.54, 1.807) is 0 Å². The summed E-state index contributed by atoms with van der Waals surface area (Å²) in [7, 11) is -4.56. The zero-order chi connectivity index (χ0) is 30.5. The topological polar surface area (TPSA) is 87.3 Å². The van der Waals surface area contributed by atoms with Gasteiger partial charge in [0, 0.05) is 18.5 Å². The van der Waals surface area contributed by atoms with Gasteiger partial charge in [0.05, 0.1) is 22.5 Å². The summed E-state index contributed by atoms with van der Waals surface area (Å²) in [5, 5.41) is 6.39. The molecule has 0 saturated carbocycles. The molecule has 0 aromatic heterocycles. The van der Waals surface area contributed by atoms with E-state index in [1.165, 1.54) is 18.2 Å². The van der Waals surface area contributed by atoms with Crippen molar-refractivity contribution in [3.05, 3.63) is 100 Å². The molecule has 0 fully saturated rings. The van der Waals surface area contributed by atoms with Gasteiger partial charge in [-0.05, 0) is 72.7 Å². The summed E-state index contributed by atoms with van der Waals surface area (Å²) in [4.78, 5) is 12.6. The summed E-state index contributed by atoms with van der Waals surface area (Å²) >= 11 is 0. The fourth-order valence-electron chi connectivity index (χ4n) is 5.14. The van der Waals surface area contributed by atoms with E-state index < -0.39 is 50.8 Å². The van der Waals surface area contributed by atoms with Gasteiger partial charge in [-0.25, -0.2) is 17.5 Å². The second-order valence-electron chi connectivity index (χ2n) is 11.0. The third kappa shape index (κ3) is 8.17. The smallest absolute Gasteiger partial charge is 0.349 e. The molecule has 1 aliphatic carbocycles. The number of benzene rings is 3. The summed E-state index contributed by atoms with van der Waals surface area (Å²) in [6, 6.07) is 13.1. The number of carbonyl (C=O) groups is 1. The van der Waals surface area contributed by atoms with Crippen LogP contribution in [0.25, 0.3) is 0 Å². The van der Waals surface area contributed by atoms with Crippen molar-refractivity contribution in [2.45, 2.75) is 69.2 Å². The van der Waals surface area contributed by atoms with Crippen LogP contribution in [-0.2, 0) is 34.0 Å². The number of fused-ring (bicyclic) bond motifs is 1. The van der Waals surface area contributed by atoms with Crippen LogP contribution in [0.5, 0.6) is 0 Å². The number of nitrogens with one attached hydrogen (secondary N) is 3. The molecule has 0 heterocycles. The van der Waals surface area contributed by atoms with Gasteiger partial charge in [0.1, 0.15) is 5.82 Å². The highest BCUT2D eigenvalue weighted by Crippen LogP contribution is 2.33. The standard InChI is InChI=1S/C31H35F4N3O3S/c1-20(2)18-36-19-21-13-14-25-22(15-21)7-5-12-28(25)37-30(39)17-29(26-10-3-4-11-27(26)32)38-42(40,41)24-9-6-8-23(16-24)31(33,34)35/h3-4,6,8-11,13-16,20,28-29,36,38H,5,7,12,17-19H2,1-2H3,(H,37,39)/t28-,29?/m1/s1. The second-order valence-corrected chi connectivity index (χ2v) is 12.7. The van der Waals surface area contributed by atoms with Gasteiger partial charge in [0.15, 0.2) is 0 Å². The van der Waals surface area contributed by atoms with Gasteiger partial charge >= 0.3 is 6.18 Å². The molecule has 6 nitrogen and oxygen atoms in total. The maximum atomic E-state index is 14.8. The van der Waals surface area contributed by atoms with E-state index in [2.05, 4.69) is 35.3 Å². The Balaban J connectivity index is 1.52. The van der Waals surface area contributed by atoms with Gasteiger partial charge in [0.2, 0.25) is 15.9 Å². The van der Waals surface area contributed by atoms with Crippen molar-refractivity contribution in [2.75, 3.05) is 6.54 Å². The predicted molar refractivity (Wildman–Crippen MR) is 152 cm³/mol. The van der Waals surface area contributed by atoms with Gasteiger partial charge in [-0.2, -0.15) is 13.2 Å². The lowest BCUT2D eigenvalue weighted by atomic mass is 9.86. The highest BCUT2D eigenvalue weighted by Gasteiger charge is 2.33. The van der Waals surface area contributed by atoms with E-state index >= 15 is 0 Å². The van der Waals surface area contributed by atoms with Crippen molar-refractivity contribution in [3.8, 4) is 0 Å². The van der Waals surface area contributed by atoms with Crippen molar-refractivity contribution in [1.29, 1.82) is 0 Å². The van der Waals surface area contributed by atoms with Gasteiger partial charge in [-0.1, -0.05) is 56.3 Å². The van der Waals surface area contributed by atoms with Gasteiger partial charge in [-0.15, -0.1) is 0 Å². The van der Waals surface area contributed by atoms with Crippen molar-refractivity contribution in [1.82, 2.24) is 15.4 Å². The highest BCUT2D eigenvalue weighted by atomic mass is 32.2. The van der Waals surface area contributed by atoms with Gasteiger partial charge in [-0.3, -0.25) is 4.79 Å². The van der Waals surface area contributed by atoms with Crippen LogP contribution >= 0.6 is 0 Å². The molecule has 3 N–H and O–H groups in total. The minimum absolute atomic E-state index is 0.0919. The van der Waals surface area contributed by atoms with E-state index in [9.17, 15) is 30.8 Å². The molecule has 1 aliphatic rings. The molecule has 0 saturated heterocycles. The maximum Gasteiger partial charge on any atom is 0.416 e. The van der Waals surface area contributed by atoms with Crippen LogP contribution in [0.2, 0.25) is 0 Å². The van der Waals surface area contributed by atoms with E-state index in [4.69, 9.17) is 0 Å². The van der Waals surface area contributed by atoms with Crippen molar-refractivity contribution < 1.29 is 30.8 Å². The Morgan fingerprint density at radius 3 is 2.50 bits per heavy atom. The van der Waals surface area contributed by atoms with Crippen molar-refractivity contribution in [3.63, 3.8) is 0 Å². The van der Waals surface area contributed by atoms with Crippen LogP contribution in [0.4, 0.5) is 17.6 Å². The first-order valence-corrected chi connectivity index (χ1v) is 15.4. The highest BCUT2D eigenvalue weighted by molar-refractivity contribution is 7.89. The van der Waals surface area contributed by atoms with Crippen LogP contribution < -0.4 is 15.4 Å². The Morgan fingerprint density at radius 2 is 1.79 bits per heavy atom. The zero-order valence-electron chi connectivity index (χ0n) is 23.5.